The topological polar surface area (TPSA) is 52.6 Å². The lowest BCUT2D eigenvalue weighted by atomic mass is 10.1. The number of nitrogens with zero attached hydrogens (tertiary/aromatic N) is 2. The number of hydrogen-bond donors (Lipinski definition) is 1. The average molecular weight is 289 g/mol. The van der Waals surface area contributed by atoms with Gasteiger partial charge in [0.15, 0.2) is 0 Å². The van der Waals surface area contributed by atoms with Crippen molar-refractivity contribution in [3.05, 3.63) is 0 Å². The van der Waals surface area contributed by atoms with Crippen LogP contribution in [-0.4, -0.2) is 68.7 Å². The lowest BCUT2D eigenvalue weighted by Gasteiger charge is -2.22. The van der Waals surface area contributed by atoms with E-state index < -0.39 is 10.0 Å². The highest BCUT2D eigenvalue weighted by atomic mass is 32.2. The Morgan fingerprint density at radius 3 is 2.79 bits per heavy atom. The van der Waals surface area contributed by atoms with Gasteiger partial charge in [-0.1, -0.05) is 6.92 Å². The molecule has 0 saturated carbocycles. The molecule has 2 aliphatic heterocycles. The van der Waals surface area contributed by atoms with Crippen LogP contribution < -0.4 is 5.32 Å². The van der Waals surface area contributed by atoms with Gasteiger partial charge >= 0.3 is 0 Å². The highest BCUT2D eigenvalue weighted by Gasteiger charge is 2.36. The molecule has 2 aliphatic rings. The minimum atomic E-state index is -3.03. The van der Waals surface area contributed by atoms with E-state index in [1.807, 2.05) is 6.92 Å². The highest BCUT2D eigenvalue weighted by Crippen LogP contribution is 2.27. The van der Waals surface area contributed by atoms with Gasteiger partial charge in [0.25, 0.3) is 0 Å². The first-order valence-electron chi connectivity index (χ1n) is 7.45. The number of nitrogens with one attached hydrogen (secondary N) is 1. The van der Waals surface area contributed by atoms with E-state index in [4.69, 9.17) is 0 Å². The Hall–Kier alpha value is -0.170. The molecule has 0 aliphatic carbocycles. The molecule has 2 fully saturated rings. The molecule has 1 N–H and O–H groups in total. The largest absolute Gasteiger partial charge is 0.312 e. The Bertz CT molecular complexity index is 385. The molecule has 0 amide bonds. The SMILES string of the molecule is CCN(CCCNC1CCN2CCCC12)S(C)(=O)=O. The van der Waals surface area contributed by atoms with E-state index in [1.54, 1.807) is 4.31 Å². The summed E-state index contributed by atoms with van der Waals surface area (Å²) in [5.41, 5.74) is 0. The molecule has 112 valence electrons. The maximum absolute atomic E-state index is 11.5. The van der Waals surface area contributed by atoms with Gasteiger partial charge in [0, 0.05) is 31.7 Å². The minimum Gasteiger partial charge on any atom is -0.312 e. The fraction of sp³-hybridized carbons (Fsp3) is 1.00. The third kappa shape index (κ3) is 3.90. The quantitative estimate of drug-likeness (QED) is 0.693. The molecule has 0 aromatic rings. The Labute approximate surface area is 117 Å². The predicted molar refractivity (Wildman–Crippen MR) is 77.7 cm³/mol. The predicted octanol–water partition coefficient (Wildman–Crippen LogP) is 0.484. The number of sulfonamides is 1. The summed E-state index contributed by atoms with van der Waals surface area (Å²) in [6.45, 7) is 6.50. The van der Waals surface area contributed by atoms with Crippen molar-refractivity contribution in [2.45, 2.75) is 44.7 Å². The summed E-state index contributed by atoms with van der Waals surface area (Å²) < 4.78 is 24.5. The van der Waals surface area contributed by atoms with E-state index in [0.29, 0.717) is 19.1 Å². The van der Waals surface area contributed by atoms with E-state index in [0.717, 1.165) is 19.0 Å². The summed E-state index contributed by atoms with van der Waals surface area (Å²) in [4.78, 5) is 2.59. The van der Waals surface area contributed by atoms with E-state index in [1.165, 1.54) is 38.6 Å². The first kappa shape index (κ1) is 15.2. The van der Waals surface area contributed by atoms with Crippen LogP contribution in [0.1, 0.15) is 32.6 Å². The summed E-state index contributed by atoms with van der Waals surface area (Å²) in [6, 6.07) is 1.35. The van der Waals surface area contributed by atoms with E-state index in [9.17, 15) is 8.42 Å². The normalized spacial score (nSPS) is 28.2. The standard InChI is InChI=1S/C13H27N3O2S/c1-3-16(19(2,17)18)10-5-8-14-12-7-11-15-9-4-6-13(12)15/h12-14H,3-11H2,1-2H3. The van der Waals surface area contributed by atoms with Gasteiger partial charge in [-0.3, -0.25) is 4.90 Å². The molecule has 2 saturated heterocycles. The van der Waals surface area contributed by atoms with Gasteiger partial charge in [-0.2, -0.15) is 0 Å². The van der Waals surface area contributed by atoms with Gasteiger partial charge in [-0.25, -0.2) is 12.7 Å². The molecule has 19 heavy (non-hydrogen) atoms. The molecular formula is C13H27N3O2S. The van der Waals surface area contributed by atoms with Crippen molar-refractivity contribution in [2.75, 3.05) is 39.0 Å². The van der Waals surface area contributed by atoms with Crippen molar-refractivity contribution in [1.29, 1.82) is 0 Å². The summed E-state index contributed by atoms with van der Waals surface area (Å²) in [5.74, 6) is 0. The number of fused-ring (bicyclic) bond motifs is 1. The molecular weight excluding hydrogens is 262 g/mol. The van der Waals surface area contributed by atoms with Crippen molar-refractivity contribution in [3.63, 3.8) is 0 Å². The number of hydrogen-bond acceptors (Lipinski definition) is 4. The molecule has 0 spiro atoms. The zero-order chi connectivity index (χ0) is 13.9. The van der Waals surface area contributed by atoms with Crippen LogP contribution in [-0.2, 0) is 10.0 Å². The zero-order valence-electron chi connectivity index (χ0n) is 12.1. The van der Waals surface area contributed by atoms with Crippen molar-refractivity contribution in [1.82, 2.24) is 14.5 Å². The molecule has 6 heteroatoms. The first-order valence-corrected chi connectivity index (χ1v) is 9.29. The third-order valence-corrected chi connectivity index (χ3v) is 5.80. The van der Waals surface area contributed by atoms with Gasteiger partial charge in [-0.15, -0.1) is 0 Å². The second-order valence-corrected chi connectivity index (χ2v) is 7.69. The minimum absolute atomic E-state index is 0.568. The van der Waals surface area contributed by atoms with E-state index in [2.05, 4.69) is 10.2 Å². The smallest absolute Gasteiger partial charge is 0.211 e. The molecule has 2 unspecified atom stereocenters. The van der Waals surface area contributed by atoms with E-state index >= 15 is 0 Å². The molecule has 0 aromatic carbocycles. The zero-order valence-corrected chi connectivity index (χ0v) is 13.0. The van der Waals surface area contributed by atoms with Gasteiger partial charge in [0.05, 0.1) is 6.26 Å². The van der Waals surface area contributed by atoms with Crippen LogP contribution in [0.15, 0.2) is 0 Å². The van der Waals surface area contributed by atoms with Crippen LogP contribution in [0.3, 0.4) is 0 Å². The van der Waals surface area contributed by atoms with Crippen LogP contribution in [0.2, 0.25) is 0 Å². The van der Waals surface area contributed by atoms with Crippen molar-refractivity contribution in [3.8, 4) is 0 Å². The molecule has 2 heterocycles. The Morgan fingerprint density at radius 2 is 2.11 bits per heavy atom. The number of rotatable bonds is 7. The first-order chi connectivity index (χ1) is 9.02. The maximum atomic E-state index is 11.5. The molecule has 0 radical (unpaired) electrons. The molecule has 2 atom stereocenters. The molecule has 0 aromatic heterocycles. The van der Waals surface area contributed by atoms with Crippen molar-refractivity contribution >= 4 is 10.0 Å². The molecule has 0 bridgehead atoms. The summed E-state index contributed by atoms with van der Waals surface area (Å²) in [5, 5.41) is 3.62. The second kappa shape index (κ2) is 6.52. The lowest BCUT2D eigenvalue weighted by Crippen LogP contribution is -2.40. The van der Waals surface area contributed by atoms with Crippen LogP contribution in [0, 0.1) is 0 Å². The summed E-state index contributed by atoms with van der Waals surface area (Å²) >= 11 is 0. The fourth-order valence-electron chi connectivity index (χ4n) is 3.42. The van der Waals surface area contributed by atoms with Gasteiger partial charge in [0.2, 0.25) is 10.0 Å². The van der Waals surface area contributed by atoms with Crippen LogP contribution in [0.25, 0.3) is 0 Å². The fourth-order valence-corrected chi connectivity index (χ4v) is 4.35. The Balaban J connectivity index is 1.67. The van der Waals surface area contributed by atoms with Crippen molar-refractivity contribution in [2.24, 2.45) is 0 Å². The van der Waals surface area contributed by atoms with Gasteiger partial charge < -0.3 is 5.32 Å². The lowest BCUT2D eigenvalue weighted by molar-refractivity contribution is 0.297. The highest BCUT2D eigenvalue weighted by molar-refractivity contribution is 7.88. The second-order valence-electron chi connectivity index (χ2n) is 5.70. The van der Waals surface area contributed by atoms with Gasteiger partial charge in [-0.05, 0) is 38.8 Å². The van der Waals surface area contributed by atoms with Crippen LogP contribution in [0.4, 0.5) is 0 Å². The summed E-state index contributed by atoms with van der Waals surface area (Å²) in [6.07, 6.45) is 6.08. The molecule has 2 rings (SSSR count). The van der Waals surface area contributed by atoms with Crippen molar-refractivity contribution < 1.29 is 8.42 Å². The Morgan fingerprint density at radius 1 is 1.32 bits per heavy atom. The average Bonchev–Trinajstić information content (AvgIpc) is 2.91. The van der Waals surface area contributed by atoms with E-state index in [-0.39, 0.29) is 0 Å². The summed E-state index contributed by atoms with van der Waals surface area (Å²) in [7, 11) is -3.03. The monoisotopic (exact) mass is 289 g/mol. The van der Waals surface area contributed by atoms with Gasteiger partial charge in [0.1, 0.15) is 0 Å². The maximum Gasteiger partial charge on any atom is 0.211 e. The van der Waals surface area contributed by atoms with Crippen LogP contribution in [0.5, 0.6) is 0 Å². The molecule has 5 nitrogen and oxygen atoms in total. The third-order valence-electron chi connectivity index (χ3n) is 4.42. The van der Waals surface area contributed by atoms with Crippen LogP contribution >= 0.6 is 0 Å². The Kier molecular flexibility index (Phi) is 5.22.